The number of aliphatic carboxylic acids is 1. The van der Waals surface area contributed by atoms with E-state index < -0.39 is 12.1 Å². The van der Waals surface area contributed by atoms with Gasteiger partial charge in [-0.25, -0.2) is 4.79 Å². The third kappa shape index (κ3) is 3.57. The maximum Gasteiger partial charge on any atom is 0.334 e. The van der Waals surface area contributed by atoms with Gasteiger partial charge in [0.05, 0.1) is 6.54 Å². The molecule has 1 amide bonds. The zero-order chi connectivity index (χ0) is 13.0. The molecule has 0 aliphatic heterocycles. The molecule has 0 radical (unpaired) electrons. The Morgan fingerprint density at radius 1 is 1.35 bits per heavy atom. The number of aliphatic hydroxyl groups is 1. The number of carbonyl (C=O) groups is 2. The maximum atomic E-state index is 11.7. The largest absolute Gasteiger partial charge is 0.479 e. The number of nitrogens with one attached hydrogen (secondary N) is 1. The summed E-state index contributed by atoms with van der Waals surface area (Å²) < 4.78 is 0. The van der Waals surface area contributed by atoms with Crippen LogP contribution >= 0.6 is 0 Å². The second-order valence-corrected chi connectivity index (χ2v) is 3.88. The van der Waals surface area contributed by atoms with Crippen LogP contribution in [0.15, 0.2) is 18.2 Å². The van der Waals surface area contributed by atoms with Crippen molar-refractivity contribution in [3.05, 3.63) is 34.9 Å². The number of aliphatic hydroxyl groups excluding tert-OH is 1. The van der Waals surface area contributed by atoms with E-state index in [0.717, 1.165) is 11.1 Å². The fraction of sp³-hybridized carbons (Fsp3) is 0.333. The molecule has 17 heavy (non-hydrogen) atoms. The molecule has 5 heteroatoms. The van der Waals surface area contributed by atoms with E-state index in [-0.39, 0.29) is 12.5 Å². The van der Waals surface area contributed by atoms with Gasteiger partial charge in [-0.05, 0) is 25.5 Å². The molecule has 0 aromatic heterocycles. The molecule has 1 rings (SSSR count). The Balaban J connectivity index is 2.70. The summed E-state index contributed by atoms with van der Waals surface area (Å²) in [6.45, 7) is 3.35. The molecule has 5 nitrogen and oxygen atoms in total. The molecule has 0 bridgehead atoms. The van der Waals surface area contributed by atoms with Crippen LogP contribution in [0.3, 0.4) is 0 Å². The van der Waals surface area contributed by atoms with E-state index in [1.165, 1.54) is 0 Å². The summed E-state index contributed by atoms with van der Waals surface area (Å²) in [6.07, 6.45) is -1.58. The lowest BCUT2D eigenvalue weighted by Crippen LogP contribution is -2.36. The number of benzene rings is 1. The van der Waals surface area contributed by atoms with Crippen LogP contribution in [0, 0.1) is 13.8 Å². The van der Waals surface area contributed by atoms with Crippen LogP contribution in [-0.4, -0.2) is 34.7 Å². The molecule has 1 unspecified atom stereocenters. The van der Waals surface area contributed by atoms with Crippen molar-refractivity contribution in [1.29, 1.82) is 0 Å². The molecule has 0 saturated heterocycles. The summed E-state index contributed by atoms with van der Waals surface area (Å²) in [5, 5.41) is 19.9. The molecule has 1 aromatic carbocycles. The second kappa shape index (κ2) is 5.45. The van der Waals surface area contributed by atoms with Crippen LogP contribution in [-0.2, 0) is 4.79 Å². The normalized spacial score (nSPS) is 11.9. The molecule has 0 spiro atoms. The smallest absolute Gasteiger partial charge is 0.334 e. The lowest BCUT2D eigenvalue weighted by Gasteiger charge is -2.10. The monoisotopic (exact) mass is 237 g/mol. The first-order chi connectivity index (χ1) is 7.91. The minimum atomic E-state index is -1.58. The summed E-state index contributed by atoms with van der Waals surface area (Å²) in [5.74, 6) is -1.74. The quantitative estimate of drug-likeness (QED) is 0.710. The molecule has 0 aliphatic rings. The predicted octanol–water partition coefficient (Wildman–Crippen LogP) is 0.479. The van der Waals surface area contributed by atoms with Gasteiger partial charge in [0, 0.05) is 5.56 Å². The molecule has 1 atom stereocenters. The standard InChI is InChI=1S/C12H15NO4/c1-7-3-4-8(2)9(5-7)11(15)13-6-10(14)12(16)17/h3-5,10,14H,6H2,1-2H3,(H,13,15)(H,16,17). The van der Waals surface area contributed by atoms with Crippen LogP contribution < -0.4 is 5.32 Å². The van der Waals surface area contributed by atoms with Gasteiger partial charge in [-0.15, -0.1) is 0 Å². The van der Waals surface area contributed by atoms with Crippen molar-refractivity contribution in [3.8, 4) is 0 Å². The number of aryl methyl sites for hydroxylation is 2. The van der Waals surface area contributed by atoms with Gasteiger partial charge in [0.25, 0.3) is 5.91 Å². The van der Waals surface area contributed by atoms with Crippen LogP contribution in [0.4, 0.5) is 0 Å². The third-order valence-corrected chi connectivity index (χ3v) is 2.38. The van der Waals surface area contributed by atoms with Crippen LogP contribution in [0.2, 0.25) is 0 Å². The maximum absolute atomic E-state index is 11.7. The molecule has 0 fully saturated rings. The zero-order valence-electron chi connectivity index (χ0n) is 9.73. The number of carboxylic acid groups (broad SMARTS) is 1. The van der Waals surface area contributed by atoms with Crippen molar-refractivity contribution in [2.24, 2.45) is 0 Å². The molecular weight excluding hydrogens is 222 g/mol. The molecule has 1 aromatic rings. The van der Waals surface area contributed by atoms with Crippen LogP contribution in [0.25, 0.3) is 0 Å². The minimum absolute atomic E-state index is 0.304. The van der Waals surface area contributed by atoms with Gasteiger partial charge in [0.2, 0.25) is 0 Å². The van der Waals surface area contributed by atoms with E-state index in [4.69, 9.17) is 10.2 Å². The highest BCUT2D eigenvalue weighted by Crippen LogP contribution is 2.10. The fourth-order valence-electron chi connectivity index (χ4n) is 1.35. The Morgan fingerprint density at radius 2 is 2.00 bits per heavy atom. The number of carboxylic acids is 1. The fourth-order valence-corrected chi connectivity index (χ4v) is 1.35. The number of carbonyl (C=O) groups excluding carboxylic acids is 1. The Morgan fingerprint density at radius 3 is 2.59 bits per heavy atom. The van der Waals surface area contributed by atoms with Crippen molar-refractivity contribution in [2.45, 2.75) is 20.0 Å². The van der Waals surface area contributed by atoms with Crippen LogP contribution in [0.5, 0.6) is 0 Å². The first-order valence-corrected chi connectivity index (χ1v) is 5.18. The first kappa shape index (κ1) is 13.2. The van der Waals surface area contributed by atoms with Gasteiger partial charge >= 0.3 is 5.97 Å². The summed E-state index contributed by atoms with van der Waals surface area (Å²) in [5.41, 5.74) is 2.24. The lowest BCUT2D eigenvalue weighted by molar-refractivity contribution is -0.146. The molecule has 3 N–H and O–H groups in total. The lowest BCUT2D eigenvalue weighted by atomic mass is 10.1. The highest BCUT2D eigenvalue weighted by molar-refractivity contribution is 5.96. The van der Waals surface area contributed by atoms with Gasteiger partial charge in [-0.1, -0.05) is 17.7 Å². The van der Waals surface area contributed by atoms with Crippen molar-refractivity contribution < 1.29 is 19.8 Å². The number of hydrogen-bond acceptors (Lipinski definition) is 3. The zero-order valence-corrected chi connectivity index (χ0v) is 9.73. The Hall–Kier alpha value is -1.88. The highest BCUT2D eigenvalue weighted by atomic mass is 16.4. The summed E-state index contributed by atoms with van der Waals surface area (Å²) in [7, 11) is 0. The first-order valence-electron chi connectivity index (χ1n) is 5.18. The van der Waals surface area contributed by atoms with Crippen molar-refractivity contribution >= 4 is 11.9 Å². The van der Waals surface area contributed by atoms with Crippen molar-refractivity contribution in [3.63, 3.8) is 0 Å². The summed E-state index contributed by atoms with van der Waals surface area (Å²) in [6, 6.07) is 5.42. The molecular formula is C12H15NO4. The Bertz CT molecular complexity index is 442. The van der Waals surface area contributed by atoms with Gasteiger partial charge < -0.3 is 15.5 Å². The second-order valence-electron chi connectivity index (χ2n) is 3.88. The topological polar surface area (TPSA) is 86.6 Å². The molecule has 0 saturated carbocycles. The van der Waals surface area contributed by atoms with Gasteiger partial charge in [0.15, 0.2) is 6.10 Å². The van der Waals surface area contributed by atoms with E-state index in [0.29, 0.717) is 5.56 Å². The van der Waals surface area contributed by atoms with Crippen LogP contribution in [0.1, 0.15) is 21.5 Å². The molecule has 0 heterocycles. The third-order valence-electron chi connectivity index (χ3n) is 2.38. The number of hydrogen-bond donors (Lipinski definition) is 3. The predicted molar refractivity (Wildman–Crippen MR) is 61.9 cm³/mol. The van der Waals surface area contributed by atoms with E-state index in [2.05, 4.69) is 5.32 Å². The average Bonchev–Trinajstić information content (AvgIpc) is 2.28. The van der Waals surface area contributed by atoms with Crippen molar-refractivity contribution in [1.82, 2.24) is 5.32 Å². The van der Waals surface area contributed by atoms with Gasteiger partial charge in [0.1, 0.15) is 0 Å². The average molecular weight is 237 g/mol. The summed E-state index contributed by atoms with van der Waals surface area (Å²) in [4.78, 5) is 22.1. The Labute approximate surface area is 99.1 Å². The number of rotatable bonds is 4. The minimum Gasteiger partial charge on any atom is -0.479 e. The van der Waals surface area contributed by atoms with E-state index in [9.17, 15) is 9.59 Å². The summed E-state index contributed by atoms with van der Waals surface area (Å²) >= 11 is 0. The molecule has 0 aliphatic carbocycles. The van der Waals surface area contributed by atoms with Gasteiger partial charge in [-0.2, -0.15) is 0 Å². The molecule has 92 valence electrons. The SMILES string of the molecule is Cc1ccc(C)c(C(=O)NCC(O)C(=O)O)c1. The Kier molecular flexibility index (Phi) is 4.23. The number of amides is 1. The van der Waals surface area contributed by atoms with Crippen molar-refractivity contribution in [2.75, 3.05) is 6.54 Å². The highest BCUT2D eigenvalue weighted by Gasteiger charge is 2.15. The van der Waals surface area contributed by atoms with E-state index >= 15 is 0 Å². The van der Waals surface area contributed by atoms with Gasteiger partial charge in [-0.3, -0.25) is 4.79 Å². The van der Waals surface area contributed by atoms with E-state index in [1.807, 2.05) is 19.1 Å². The van der Waals surface area contributed by atoms with E-state index in [1.54, 1.807) is 13.0 Å².